The molecule has 3 heterocycles. The highest BCUT2D eigenvalue weighted by Crippen LogP contribution is 2.31. The molecule has 0 radical (unpaired) electrons. The molecule has 5 heteroatoms. The molecule has 2 aromatic rings. The molecule has 0 bridgehead atoms. The predicted molar refractivity (Wildman–Crippen MR) is 58.0 cm³/mol. The highest BCUT2D eigenvalue weighted by molar-refractivity contribution is 5.57. The maximum Gasteiger partial charge on any atom is 0.119 e. The number of nitrogens with zero attached hydrogens (tertiary/aromatic N) is 1. The minimum absolute atomic E-state index is 0.0626. The van der Waals surface area contributed by atoms with E-state index in [4.69, 9.17) is 4.74 Å². The second kappa shape index (κ2) is 3.47. The molecule has 0 unspecified atom stereocenters. The van der Waals surface area contributed by atoms with Crippen LogP contribution in [0.5, 0.6) is 0 Å². The molecular formula is C11H13N3O2. The number of ether oxygens (including phenoxy) is 1. The van der Waals surface area contributed by atoms with E-state index in [0.29, 0.717) is 13.2 Å². The highest BCUT2D eigenvalue weighted by Gasteiger charge is 2.42. The normalized spacial score (nSPS) is 18.3. The quantitative estimate of drug-likeness (QED) is 0.710. The van der Waals surface area contributed by atoms with Crippen LogP contribution in [-0.2, 0) is 10.2 Å². The summed E-state index contributed by atoms with van der Waals surface area (Å²) in [6.07, 6.45) is 5.55. The fourth-order valence-corrected chi connectivity index (χ4v) is 1.88. The van der Waals surface area contributed by atoms with Crippen LogP contribution in [0.1, 0.15) is 5.82 Å². The molecule has 1 saturated heterocycles. The first-order valence-corrected chi connectivity index (χ1v) is 5.21. The molecule has 16 heavy (non-hydrogen) atoms. The summed E-state index contributed by atoms with van der Waals surface area (Å²) in [5.41, 5.74) is 1.69. The van der Waals surface area contributed by atoms with Gasteiger partial charge in [0.05, 0.1) is 37.1 Å². The fourth-order valence-electron chi connectivity index (χ4n) is 1.88. The van der Waals surface area contributed by atoms with Crippen molar-refractivity contribution in [3.05, 3.63) is 30.5 Å². The first-order chi connectivity index (χ1) is 7.84. The zero-order valence-corrected chi connectivity index (χ0v) is 8.73. The topological polar surface area (TPSA) is 73.9 Å². The van der Waals surface area contributed by atoms with E-state index < -0.39 is 0 Å². The van der Waals surface area contributed by atoms with Gasteiger partial charge >= 0.3 is 0 Å². The van der Waals surface area contributed by atoms with Crippen LogP contribution in [-0.4, -0.2) is 39.9 Å². The third-order valence-electron chi connectivity index (χ3n) is 3.05. The summed E-state index contributed by atoms with van der Waals surface area (Å²) in [5.74, 6) is 0.803. The van der Waals surface area contributed by atoms with Gasteiger partial charge in [-0.25, -0.2) is 4.98 Å². The Morgan fingerprint density at radius 1 is 1.50 bits per heavy atom. The summed E-state index contributed by atoms with van der Waals surface area (Å²) < 4.78 is 5.16. The molecular weight excluding hydrogens is 206 g/mol. The van der Waals surface area contributed by atoms with Gasteiger partial charge in [-0.1, -0.05) is 0 Å². The fraction of sp³-hybridized carbons (Fsp3) is 0.364. The third-order valence-corrected chi connectivity index (χ3v) is 3.05. The lowest BCUT2D eigenvalue weighted by atomic mass is 9.86. The Balaban J connectivity index is 1.93. The molecule has 0 saturated carbocycles. The minimum atomic E-state index is -0.325. The molecule has 3 N–H and O–H groups in total. The van der Waals surface area contributed by atoms with Gasteiger partial charge in [0.15, 0.2) is 0 Å². The minimum Gasteiger partial charge on any atom is -0.395 e. The van der Waals surface area contributed by atoms with Crippen molar-refractivity contribution in [3.8, 4) is 11.3 Å². The van der Waals surface area contributed by atoms with Crippen molar-refractivity contribution in [1.82, 2.24) is 15.0 Å². The van der Waals surface area contributed by atoms with Gasteiger partial charge in [0.1, 0.15) is 5.82 Å². The van der Waals surface area contributed by atoms with Crippen LogP contribution in [0.2, 0.25) is 0 Å². The van der Waals surface area contributed by atoms with Crippen molar-refractivity contribution in [1.29, 1.82) is 0 Å². The van der Waals surface area contributed by atoms with Crippen molar-refractivity contribution >= 4 is 0 Å². The van der Waals surface area contributed by atoms with E-state index in [-0.39, 0.29) is 12.0 Å². The molecule has 0 spiro atoms. The Hall–Kier alpha value is -1.59. The number of aliphatic hydroxyl groups is 1. The largest absolute Gasteiger partial charge is 0.395 e. The average Bonchev–Trinajstić information content (AvgIpc) is 2.86. The molecule has 0 amide bonds. The van der Waals surface area contributed by atoms with Gasteiger partial charge in [0, 0.05) is 18.0 Å². The number of aromatic amines is 2. The van der Waals surface area contributed by atoms with Crippen LogP contribution in [0.3, 0.4) is 0 Å². The summed E-state index contributed by atoms with van der Waals surface area (Å²) in [6, 6.07) is 1.97. The highest BCUT2D eigenvalue weighted by atomic mass is 16.5. The van der Waals surface area contributed by atoms with E-state index in [2.05, 4.69) is 15.0 Å². The number of nitrogens with one attached hydrogen (secondary N) is 2. The Kier molecular flexibility index (Phi) is 2.08. The monoisotopic (exact) mass is 219 g/mol. The average molecular weight is 219 g/mol. The molecule has 3 rings (SSSR count). The van der Waals surface area contributed by atoms with Gasteiger partial charge < -0.3 is 19.8 Å². The Bertz CT molecular complexity index is 466. The van der Waals surface area contributed by atoms with Crippen LogP contribution in [0.4, 0.5) is 0 Å². The lowest BCUT2D eigenvalue weighted by Crippen LogP contribution is -2.50. The van der Waals surface area contributed by atoms with E-state index in [1.54, 1.807) is 6.20 Å². The molecule has 1 aliphatic heterocycles. The second-order valence-corrected chi connectivity index (χ2v) is 4.18. The second-order valence-electron chi connectivity index (χ2n) is 4.18. The van der Waals surface area contributed by atoms with Crippen LogP contribution in [0.25, 0.3) is 11.3 Å². The van der Waals surface area contributed by atoms with E-state index in [0.717, 1.165) is 17.1 Å². The van der Waals surface area contributed by atoms with E-state index in [9.17, 15) is 5.11 Å². The van der Waals surface area contributed by atoms with Crippen molar-refractivity contribution in [3.63, 3.8) is 0 Å². The van der Waals surface area contributed by atoms with Gasteiger partial charge in [0.25, 0.3) is 0 Å². The Labute approximate surface area is 92.5 Å². The van der Waals surface area contributed by atoms with Crippen molar-refractivity contribution in [2.75, 3.05) is 19.8 Å². The number of aromatic nitrogens is 3. The Morgan fingerprint density at radius 3 is 2.94 bits per heavy atom. The summed E-state index contributed by atoms with van der Waals surface area (Å²) in [7, 11) is 0. The summed E-state index contributed by atoms with van der Waals surface area (Å²) in [4.78, 5) is 10.6. The van der Waals surface area contributed by atoms with Crippen LogP contribution >= 0.6 is 0 Å². The smallest absolute Gasteiger partial charge is 0.119 e. The zero-order valence-electron chi connectivity index (χ0n) is 8.73. The lowest BCUT2D eigenvalue weighted by Gasteiger charge is -2.37. The van der Waals surface area contributed by atoms with Crippen molar-refractivity contribution < 1.29 is 9.84 Å². The van der Waals surface area contributed by atoms with Crippen LogP contribution in [0, 0.1) is 0 Å². The molecule has 1 aliphatic rings. The first kappa shape index (κ1) is 9.62. The molecule has 0 atom stereocenters. The number of rotatable bonds is 3. The number of aliphatic hydroxyl groups excluding tert-OH is 1. The number of hydrogen-bond acceptors (Lipinski definition) is 3. The molecule has 84 valence electrons. The predicted octanol–water partition coefficient (Wildman–Crippen LogP) is 0.665. The van der Waals surface area contributed by atoms with Crippen LogP contribution < -0.4 is 0 Å². The lowest BCUT2D eigenvalue weighted by molar-refractivity contribution is -0.0880. The van der Waals surface area contributed by atoms with E-state index >= 15 is 0 Å². The van der Waals surface area contributed by atoms with Gasteiger partial charge in [-0.3, -0.25) is 0 Å². The standard InChI is InChI=1S/C11H13N3O2/c15-5-11(6-16-7-11)10-13-4-9(14-10)8-1-2-12-3-8/h1-4,12,15H,5-7H2,(H,13,14). The number of imidazole rings is 1. The van der Waals surface area contributed by atoms with Crippen molar-refractivity contribution in [2.24, 2.45) is 0 Å². The first-order valence-electron chi connectivity index (χ1n) is 5.21. The van der Waals surface area contributed by atoms with Crippen LogP contribution in [0.15, 0.2) is 24.7 Å². The summed E-state index contributed by atoms with van der Waals surface area (Å²) in [5, 5.41) is 9.38. The SMILES string of the molecule is OCC1(c2ncc(-c3cc[nH]c3)[nH]2)COC1. The maximum atomic E-state index is 9.38. The van der Waals surface area contributed by atoms with Gasteiger partial charge in [-0.15, -0.1) is 0 Å². The molecule has 1 fully saturated rings. The molecule has 2 aromatic heterocycles. The van der Waals surface area contributed by atoms with E-state index in [1.165, 1.54) is 0 Å². The van der Waals surface area contributed by atoms with Crippen molar-refractivity contribution in [2.45, 2.75) is 5.41 Å². The molecule has 0 aromatic carbocycles. The third kappa shape index (κ3) is 1.29. The van der Waals surface area contributed by atoms with Gasteiger partial charge in [0.2, 0.25) is 0 Å². The summed E-state index contributed by atoms with van der Waals surface area (Å²) >= 11 is 0. The van der Waals surface area contributed by atoms with E-state index in [1.807, 2.05) is 18.5 Å². The zero-order chi connectivity index (χ0) is 11.0. The molecule has 5 nitrogen and oxygen atoms in total. The molecule has 0 aliphatic carbocycles. The Morgan fingerprint density at radius 2 is 2.38 bits per heavy atom. The summed E-state index contributed by atoms with van der Waals surface area (Å²) in [6.45, 7) is 1.13. The van der Waals surface area contributed by atoms with Gasteiger partial charge in [-0.2, -0.15) is 0 Å². The maximum absolute atomic E-state index is 9.38. The number of hydrogen-bond donors (Lipinski definition) is 3. The van der Waals surface area contributed by atoms with Gasteiger partial charge in [-0.05, 0) is 6.07 Å². The number of H-pyrrole nitrogens is 2.